The van der Waals surface area contributed by atoms with E-state index in [9.17, 15) is 0 Å². The molecule has 4 nitrogen and oxygen atoms in total. The van der Waals surface area contributed by atoms with Crippen LogP contribution in [0.3, 0.4) is 0 Å². The molecule has 0 unspecified atom stereocenters. The molecular weight excluding hydrogens is 633 g/mol. The zero-order valence-electron chi connectivity index (χ0n) is 32.5. The third-order valence-electron chi connectivity index (χ3n) is 10.5. The number of unbranched alkanes of at least 4 members (excludes halogenated alkanes) is 14. The van der Waals surface area contributed by atoms with Crippen molar-refractivity contribution in [2.24, 2.45) is 0 Å². The Morgan fingerprint density at radius 3 is 0.827 bits per heavy atom. The van der Waals surface area contributed by atoms with E-state index in [1.54, 1.807) is 0 Å². The van der Waals surface area contributed by atoms with Crippen molar-refractivity contribution in [3.8, 4) is 22.3 Å². The minimum absolute atomic E-state index is 0.867. The fourth-order valence-electron chi connectivity index (χ4n) is 7.14. The number of aryl methyl sites for hydroxylation is 2. The first-order chi connectivity index (χ1) is 25.7. The summed E-state index contributed by atoms with van der Waals surface area (Å²) in [6.45, 7) is 8.53. The Morgan fingerprint density at radius 2 is 0.538 bits per heavy atom. The minimum atomic E-state index is 0.867. The summed E-state index contributed by atoms with van der Waals surface area (Å²) in [6.07, 6.45) is 39.6. The van der Waals surface area contributed by atoms with E-state index in [0.29, 0.717) is 0 Å². The normalized spacial score (nSPS) is 11.3. The van der Waals surface area contributed by atoms with Crippen LogP contribution in [0.15, 0.2) is 122 Å². The lowest BCUT2D eigenvalue weighted by Gasteiger charge is -2.04. The van der Waals surface area contributed by atoms with Gasteiger partial charge in [0.2, 0.25) is 0 Å². The summed E-state index contributed by atoms with van der Waals surface area (Å²) in [7, 11) is 0. The van der Waals surface area contributed by atoms with Crippen molar-refractivity contribution in [2.75, 3.05) is 0 Å². The maximum atomic E-state index is 2.33. The molecule has 274 valence electrons. The van der Waals surface area contributed by atoms with Gasteiger partial charge < -0.3 is 0 Å². The largest absolute Gasteiger partial charge is 0.205 e. The van der Waals surface area contributed by atoms with Crippen LogP contribution in [0.5, 0.6) is 0 Å². The SMILES string of the molecule is CCCCCCCCCC[n+]1ccc(-c2cc[n+](Cc3ccc(C[n+]4ccc(-c5cc[n+](CCCCCCCCCC)cc5)cc4)cc3)cc2)cc1. The summed E-state index contributed by atoms with van der Waals surface area (Å²) < 4.78 is 9.19. The van der Waals surface area contributed by atoms with Crippen molar-refractivity contribution in [3.05, 3.63) is 133 Å². The standard InChI is InChI=1S/C48H66N4/c1-3-5-7-9-11-13-15-17-31-49-33-23-45(24-34-49)47-27-37-51(38-28-47)41-43-19-21-44(22-20-43)42-52-39-29-48(30-40-52)46-25-35-50(36-26-46)32-18-16-14-12-10-8-6-4-2/h19-30,33-40H,3-18,31-32,41-42H2,1-2H3/q+4. The highest BCUT2D eigenvalue weighted by molar-refractivity contribution is 5.61. The highest BCUT2D eigenvalue weighted by atomic mass is 14.9. The lowest BCUT2D eigenvalue weighted by Crippen LogP contribution is -2.34. The van der Waals surface area contributed by atoms with Gasteiger partial charge >= 0.3 is 0 Å². The first-order valence-corrected chi connectivity index (χ1v) is 20.7. The Kier molecular flexibility index (Phi) is 17.0. The Hall–Kier alpha value is -4.18. The summed E-state index contributed by atoms with van der Waals surface area (Å²) in [4.78, 5) is 0. The van der Waals surface area contributed by atoms with Gasteiger partial charge in [0.15, 0.2) is 62.7 Å². The lowest BCUT2D eigenvalue weighted by atomic mass is 10.1. The number of aromatic nitrogens is 4. The molecule has 1 aromatic carbocycles. The summed E-state index contributed by atoms with van der Waals surface area (Å²) >= 11 is 0. The molecule has 4 aromatic heterocycles. The lowest BCUT2D eigenvalue weighted by molar-refractivity contribution is -0.697. The predicted molar refractivity (Wildman–Crippen MR) is 214 cm³/mol. The molecule has 0 saturated carbocycles. The van der Waals surface area contributed by atoms with E-state index >= 15 is 0 Å². The van der Waals surface area contributed by atoms with E-state index in [1.165, 1.54) is 136 Å². The third kappa shape index (κ3) is 13.7. The number of hydrogen-bond acceptors (Lipinski definition) is 0. The van der Waals surface area contributed by atoms with Gasteiger partial charge in [-0.2, -0.15) is 0 Å². The van der Waals surface area contributed by atoms with Crippen LogP contribution in [0.2, 0.25) is 0 Å². The predicted octanol–water partition coefficient (Wildman–Crippen LogP) is 10.5. The molecule has 5 aromatic rings. The molecule has 0 fully saturated rings. The molecule has 0 atom stereocenters. The molecule has 0 bridgehead atoms. The first-order valence-electron chi connectivity index (χ1n) is 20.7. The molecule has 0 amide bonds. The fourth-order valence-corrected chi connectivity index (χ4v) is 7.14. The van der Waals surface area contributed by atoms with E-state index in [2.05, 4.69) is 154 Å². The molecule has 0 N–H and O–H groups in total. The summed E-state index contributed by atoms with van der Waals surface area (Å²) in [5.41, 5.74) is 7.70. The van der Waals surface area contributed by atoms with Gasteiger partial charge in [0.1, 0.15) is 13.1 Å². The average molecular weight is 699 g/mol. The zero-order valence-corrected chi connectivity index (χ0v) is 32.5. The smallest absolute Gasteiger partial charge is 0.173 e. The van der Waals surface area contributed by atoms with Gasteiger partial charge in [-0.05, 0) is 35.1 Å². The molecule has 0 spiro atoms. The quantitative estimate of drug-likeness (QED) is 0.0450. The van der Waals surface area contributed by atoms with E-state index in [1.807, 2.05) is 0 Å². The van der Waals surface area contributed by atoms with Crippen molar-refractivity contribution in [3.63, 3.8) is 0 Å². The van der Waals surface area contributed by atoms with Crippen LogP contribution in [0.1, 0.15) is 128 Å². The molecule has 5 rings (SSSR count). The summed E-state index contributed by atoms with van der Waals surface area (Å²) in [5.74, 6) is 0. The third-order valence-corrected chi connectivity index (χ3v) is 10.5. The van der Waals surface area contributed by atoms with Gasteiger partial charge in [-0.25, -0.2) is 18.3 Å². The highest BCUT2D eigenvalue weighted by Gasteiger charge is 2.10. The topological polar surface area (TPSA) is 15.5 Å². The monoisotopic (exact) mass is 699 g/mol. The Morgan fingerprint density at radius 1 is 0.288 bits per heavy atom. The number of hydrogen-bond donors (Lipinski definition) is 0. The molecule has 0 aliphatic carbocycles. The van der Waals surface area contributed by atoms with Crippen LogP contribution in [-0.2, 0) is 26.2 Å². The first kappa shape index (κ1) is 39.0. The van der Waals surface area contributed by atoms with Gasteiger partial charge in [-0.1, -0.05) is 115 Å². The second-order valence-corrected chi connectivity index (χ2v) is 14.9. The second kappa shape index (κ2) is 22.7. The zero-order chi connectivity index (χ0) is 36.1. The molecule has 0 aliphatic rings. The van der Waals surface area contributed by atoms with Crippen LogP contribution in [0.25, 0.3) is 22.3 Å². The van der Waals surface area contributed by atoms with Crippen LogP contribution < -0.4 is 18.3 Å². The van der Waals surface area contributed by atoms with Crippen LogP contribution in [0, 0.1) is 0 Å². The Bertz CT molecular complexity index is 1530. The maximum absolute atomic E-state index is 2.33. The van der Waals surface area contributed by atoms with Crippen molar-refractivity contribution in [1.29, 1.82) is 0 Å². The number of pyridine rings is 4. The second-order valence-electron chi connectivity index (χ2n) is 14.9. The summed E-state index contributed by atoms with van der Waals surface area (Å²) in [5, 5.41) is 0. The van der Waals surface area contributed by atoms with Gasteiger partial charge in [0.05, 0.1) is 0 Å². The van der Waals surface area contributed by atoms with E-state index in [0.717, 1.165) is 26.2 Å². The van der Waals surface area contributed by atoms with Gasteiger partial charge in [-0.3, -0.25) is 0 Å². The summed E-state index contributed by atoms with van der Waals surface area (Å²) in [6, 6.07) is 27.0. The molecule has 0 radical (unpaired) electrons. The van der Waals surface area contributed by atoms with Crippen molar-refractivity contribution < 1.29 is 18.3 Å². The highest BCUT2D eigenvalue weighted by Crippen LogP contribution is 2.18. The Labute approximate surface area is 315 Å². The van der Waals surface area contributed by atoms with Crippen molar-refractivity contribution >= 4 is 0 Å². The van der Waals surface area contributed by atoms with E-state index < -0.39 is 0 Å². The van der Waals surface area contributed by atoms with Crippen LogP contribution in [0.4, 0.5) is 0 Å². The van der Waals surface area contributed by atoms with E-state index in [-0.39, 0.29) is 0 Å². The molecule has 4 heterocycles. The Balaban J connectivity index is 1.01. The molecule has 52 heavy (non-hydrogen) atoms. The van der Waals surface area contributed by atoms with Gasteiger partial charge in [-0.15, -0.1) is 0 Å². The molecule has 4 heteroatoms. The van der Waals surface area contributed by atoms with Gasteiger partial charge in [0, 0.05) is 72.5 Å². The fraction of sp³-hybridized carbons (Fsp3) is 0.458. The van der Waals surface area contributed by atoms with Crippen LogP contribution >= 0.6 is 0 Å². The van der Waals surface area contributed by atoms with E-state index in [4.69, 9.17) is 0 Å². The number of rotatable bonds is 24. The maximum Gasteiger partial charge on any atom is 0.173 e. The minimum Gasteiger partial charge on any atom is -0.205 e. The molecule has 0 saturated heterocycles. The molecule has 0 aliphatic heterocycles. The van der Waals surface area contributed by atoms with Gasteiger partial charge in [0.25, 0.3) is 0 Å². The average Bonchev–Trinajstić information content (AvgIpc) is 3.19. The number of benzene rings is 1. The number of nitrogens with zero attached hydrogens (tertiary/aromatic N) is 4. The van der Waals surface area contributed by atoms with Crippen LogP contribution in [-0.4, -0.2) is 0 Å². The van der Waals surface area contributed by atoms with Crippen molar-refractivity contribution in [1.82, 2.24) is 0 Å². The molecular formula is C48H66N4+4. The van der Waals surface area contributed by atoms with Crippen molar-refractivity contribution in [2.45, 2.75) is 143 Å².